The van der Waals surface area contributed by atoms with Crippen LogP contribution in [0.25, 0.3) is 0 Å². The van der Waals surface area contributed by atoms with Gasteiger partial charge < -0.3 is 0 Å². The van der Waals surface area contributed by atoms with Crippen LogP contribution in [0.15, 0.2) is 0 Å². The van der Waals surface area contributed by atoms with Gasteiger partial charge in [0, 0.05) is 0 Å². The molecule has 0 heteroatoms. The van der Waals surface area contributed by atoms with Crippen molar-refractivity contribution < 1.29 is 0 Å². The summed E-state index contributed by atoms with van der Waals surface area (Å²) in [6.45, 7) is 4.75. The maximum absolute atomic E-state index is 2.39. The van der Waals surface area contributed by atoms with E-state index in [-0.39, 0.29) is 0 Å². The molecule has 0 aromatic heterocycles. The smallest absolute Gasteiger partial charge is 0.0269 e. The molecule has 4 rings (SSSR count). The van der Waals surface area contributed by atoms with Crippen molar-refractivity contribution in [2.24, 2.45) is 22.7 Å². The molecular weight excluding hydrogens is 240 g/mol. The standard InChI is InChI=1S/C20H36/c1-3-5-17-6-8-18(9-7-17)20-14-11-19(10-4-2,12-15-20)13-16-20/h17-18H,3-16H2,1-2H3/t17-,18-,19?,20?. The zero-order valence-electron chi connectivity index (χ0n) is 14.1. The molecule has 0 nitrogen and oxygen atoms in total. The molecule has 0 saturated heterocycles. The van der Waals surface area contributed by atoms with Crippen LogP contribution in [0.2, 0.25) is 0 Å². The molecular formula is C20H36. The second kappa shape index (κ2) is 6.01. The zero-order valence-corrected chi connectivity index (χ0v) is 14.1. The lowest BCUT2D eigenvalue weighted by molar-refractivity contribution is -0.0648. The Hall–Kier alpha value is 0. The zero-order chi connectivity index (χ0) is 14.1. The normalized spacial score (nSPS) is 44.7. The third-order valence-electron chi connectivity index (χ3n) is 7.65. The molecule has 0 aromatic carbocycles. The van der Waals surface area contributed by atoms with Gasteiger partial charge in [-0.2, -0.15) is 0 Å². The van der Waals surface area contributed by atoms with Gasteiger partial charge >= 0.3 is 0 Å². The fraction of sp³-hybridized carbons (Fsp3) is 1.00. The van der Waals surface area contributed by atoms with Crippen LogP contribution >= 0.6 is 0 Å². The monoisotopic (exact) mass is 276 g/mol. The van der Waals surface area contributed by atoms with Gasteiger partial charge in [-0.25, -0.2) is 0 Å². The number of hydrogen-bond donors (Lipinski definition) is 0. The first-order valence-corrected chi connectivity index (χ1v) is 9.72. The lowest BCUT2D eigenvalue weighted by Gasteiger charge is -2.58. The van der Waals surface area contributed by atoms with Crippen molar-refractivity contribution in [3.8, 4) is 0 Å². The molecule has 0 radical (unpaired) electrons. The summed E-state index contributed by atoms with van der Waals surface area (Å²) in [6.07, 6.45) is 21.6. The first-order valence-electron chi connectivity index (χ1n) is 9.72. The van der Waals surface area contributed by atoms with Gasteiger partial charge in [-0.05, 0) is 80.5 Å². The highest BCUT2D eigenvalue weighted by Gasteiger charge is 2.51. The Bertz CT molecular complexity index is 283. The summed E-state index contributed by atoms with van der Waals surface area (Å²) >= 11 is 0. The molecule has 0 atom stereocenters. The third kappa shape index (κ3) is 2.69. The molecule has 0 aliphatic heterocycles. The lowest BCUT2D eigenvalue weighted by Crippen LogP contribution is -2.46. The van der Waals surface area contributed by atoms with Crippen molar-refractivity contribution in [3.63, 3.8) is 0 Å². The van der Waals surface area contributed by atoms with Crippen molar-refractivity contribution in [2.45, 2.75) is 104 Å². The fourth-order valence-corrected chi connectivity index (χ4v) is 6.28. The summed E-state index contributed by atoms with van der Waals surface area (Å²) in [6, 6.07) is 0. The Balaban J connectivity index is 1.57. The average molecular weight is 277 g/mol. The molecule has 116 valence electrons. The molecule has 4 aliphatic rings. The van der Waals surface area contributed by atoms with Crippen LogP contribution in [0.1, 0.15) is 104 Å². The van der Waals surface area contributed by atoms with E-state index in [0.717, 1.165) is 22.7 Å². The summed E-state index contributed by atoms with van der Waals surface area (Å²) in [7, 11) is 0. The molecule has 4 aliphatic carbocycles. The van der Waals surface area contributed by atoms with E-state index in [1.807, 2.05) is 0 Å². The van der Waals surface area contributed by atoms with Crippen molar-refractivity contribution in [3.05, 3.63) is 0 Å². The summed E-state index contributed by atoms with van der Waals surface area (Å²) in [5.74, 6) is 2.19. The van der Waals surface area contributed by atoms with Crippen LogP contribution in [-0.2, 0) is 0 Å². The molecule has 2 bridgehead atoms. The van der Waals surface area contributed by atoms with E-state index in [0.29, 0.717) is 0 Å². The van der Waals surface area contributed by atoms with Gasteiger partial charge in [0.05, 0.1) is 0 Å². The highest BCUT2D eigenvalue weighted by molar-refractivity contribution is 5.02. The minimum absolute atomic E-state index is 0.802. The van der Waals surface area contributed by atoms with E-state index >= 15 is 0 Å². The molecule has 0 aromatic rings. The van der Waals surface area contributed by atoms with E-state index in [1.165, 1.54) is 25.7 Å². The highest BCUT2D eigenvalue weighted by Crippen LogP contribution is 2.63. The highest BCUT2D eigenvalue weighted by atomic mass is 14.6. The van der Waals surface area contributed by atoms with E-state index < -0.39 is 0 Å². The van der Waals surface area contributed by atoms with Crippen LogP contribution in [0.5, 0.6) is 0 Å². The quantitative estimate of drug-likeness (QED) is 0.522. The predicted molar refractivity (Wildman–Crippen MR) is 87.8 cm³/mol. The molecule has 0 spiro atoms. The molecule has 0 unspecified atom stereocenters. The van der Waals surface area contributed by atoms with Crippen LogP contribution < -0.4 is 0 Å². The van der Waals surface area contributed by atoms with Crippen LogP contribution in [0.3, 0.4) is 0 Å². The van der Waals surface area contributed by atoms with Gasteiger partial charge in [0.15, 0.2) is 0 Å². The summed E-state index contributed by atoms with van der Waals surface area (Å²) in [5.41, 5.74) is 1.61. The van der Waals surface area contributed by atoms with Gasteiger partial charge in [0.25, 0.3) is 0 Å². The Labute approximate surface area is 127 Å². The summed E-state index contributed by atoms with van der Waals surface area (Å²) in [5, 5.41) is 0. The largest absolute Gasteiger partial charge is 0.0654 e. The molecule has 4 saturated carbocycles. The minimum Gasteiger partial charge on any atom is -0.0654 e. The van der Waals surface area contributed by atoms with E-state index in [1.54, 1.807) is 64.2 Å². The molecule has 20 heavy (non-hydrogen) atoms. The van der Waals surface area contributed by atoms with Crippen molar-refractivity contribution >= 4 is 0 Å². The van der Waals surface area contributed by atoms with E-state index in [4.69, 9.17) is 0 Å². The summed E-state index contributed by atoms with van der Waals surface area (Å²) < 4.78 is 0. The molecule has 0 amide bonds. The van der Waals surface area contributed by atoms with Gasteiger partial charge in [0.2, 0.25) is 0 Å². The van der Waals surface area contributed by atoms with Crippen molar-refractivity contribution in [1.29, 1.82) is 0 Å². The second-order valence-corrected chi connectivity index (χ2v) is 8.62. The predicted octanol–water partition coefficient (Wildman–Crippen LogP) is 6.73. The number of hydrogen-bond acceptors (Lipinski definition) is 0. The van der Waals surface area contributed by atoms with Crippen molar-refractivity contribution in [2.75, 3.05) is 0 Å². The number of rotatable bonds is 5. The average Bonchev–Trinajstić information content (AvgIpc) is 2.50. The molecule has 4 fully saturated rings. The third-order valence-corrected chi connectivity index (χ3v) is 7.65. The topological polar surface area (TPSA) is 0 Å². The second-order valence-electron chi connectivity index (χ2n) is 8.62. The Morgan fingerprint density at radius 1 is 0.750 bits per heavy atom. The fourth-order valence-electron chi connectivity index (χ4n) is 6.28. The van der Waals surface area contributed by atoms with E-state index in [9.17, 15) is 0 Å². The van der Waals surface area contributed by atoms with E-state index in [2.05, 4.69) is 13.8 Å². The van der Waals surface area contributed by atoms with Gasteiger partial charge in [-0.15, -0.1) is 0 Å². The van der Waals surface area contributed by atoms with Gasteiger partial charge in [0.1, 0.15) is 0 Å². The van der Waals surface area contributed by atoms with Crippen LogP contribution in [0, 0.1) is 22.7 Å². The first-order chi connectivity index (χ1) is 9.72. The van der Waals surface area contributed by atoms with Gasteiger partial charge in [-0.1, -0.05) is 46.0 Å². The molecule has 0 N–H and O–H groups in total. The Kier molecular flexibility index (Phi) is 4.48. The number of fused-ring (bicyclic) bond motifs is 3. The van der Waals surface area contributed by atoms with Crippen LogP contribution in [-0.4, -0.2) is 0 Å². The molecule has 0 heterocycles. The minimum atomic E-state index is 0.802. The van der Waals surface area contributed by atoms with Crippen LogP contribution in [0.4, 0.5) is 0 Å². The van der Waals surface area contributed by atoms with Crippen molar-refractivity contribution in [1.82, 2.24) is 0 Å². The first kappa shape index (κ1) is 14.9. The maximum atomic E-state index is 2.39. The SMILES string of the molecule is CCCC12CCC([C@H]3CC[C@H](CCC)CC3)(CC1)CC2. The maximum Gasteiger partial charge on any atom is -0.0269 e. The Morgan fingerprint density at radius 3 is 1.85 bits per heavy atom. The summed E-state index contributed by atoms with van der Waals surface area (Å²) in [4.78, 5) is 0. The lowest BCUT2D eigenvalue weighted by atomic mass is 9.47. The Morgan fingerprint density at radius 2 is 1.35 bits per heavy atom. The van der Waals surface area contributed by atoms with Gasteiger partial charge in [-0.3, -0.25) is 0 Å².